The van der Waals surface area contributed by atoms with Crippen molar-refractivity contribution in [2.24, 2.45) is 5.92 Å². The van der Waals surface area contributed by atoms with Crippen molar-refractivity contribution in [3.63, 3.8) is 0 Å². The lowest BCUT2D eigenvalue weighted by Crippen LogP contribution is -2.40. The van der Waals surface area contributed by atoms with E-state index in [1.807, 2.05) is 9.80 Å². The molecule has 1 atom stereocenters. The van der Waals surface area contributed by atoms with Gasteiger partial charge < -0.3 is 4.90 Å². The van der Waals surface area contributed by atoms with Gasteiger partial charge >= 0.3 is 6.18 Å². The van der Waals surface area contributed by atoms with Crippen LogP contribution in [0.15, 0.2) is 35.7 Å². The first kappa shape index (κ1) is 18.5. The summed E-state index contributed by atoms with van der Waals surface area (Å²) in [7, 11) is 0. The van der Waals surface area contributed by atoms with Gasteiger partial charge in [-0.3, -0.25) is 9.69 Å². The SMILES string of the molecule is O=C(C1CCN(Cc2ccccc2C(F)(F)F)C1)N1CCc2sccc2C1. The monoisotopic (exact) mass is 394 g/mol. The summed E-state index contributed by atoms with van der Waals surface area (Å²) in [5, 5.41) is 2.06. The van der Waals surface area contributed by atoms with E-state index < -0.39 is 11.7 Å². The summed E-state index contributed by atoms with van der Waals surface area (Å²) >= 11 is 1.74. The predicted octanol–water partition coefficient (Wildman–Crippen LogP) is 4.17. The number of fused-ring (bicyclic) bond motifs is 1. The van der Waals surface area contributed by atoms with Gasteiger partial charge in [-0.05, 0) is 48.0 Å². The molecule has 7 heteroatoms. The van der Waals surface area contributed by atoms with E-state index in [0.717, 1.165) is 19.0 Å². The van der Waals surface area contributed by atoms with Gasteiger partial charge in [-0.25, -0.2) is 0 Å². The molecule has 1 unspecified atom stereocenters. The van der Waals surface area contributed by atoms with Crippen LogP contribution < -0.4 is 0 Å². The molecule has 144 valence electrons. The lowest BCUT2D eigenvalue weighted by Gasteiger charge is -2.29. The second-order valence-corrected chi connectivity index (χ2v) is 8.26. The van der Waals surface area contributed by atoms with Gasteiger partial charge in [-0.2, -0.15) is 13.2 Å². The van der Waals surface area contributed by atoms with E-state index in [-0.39, 0.29) is 23.9 Å². The Bertz CT molecular complexity index is 833. The van der Waals surface area contributed by atoms with Crippen molar-refractivity contribution in [2.75, 3.05) is 19.6 Å². The average Bonchev–Trinajstić information content (AvgIpc) is 3.29. The molecule has 3 nitrogen and oxygen atoms in total. The number of carbonyl (C=O) groups is 1. The number of hydrogen-bond acceptors (Lipinski definition) is 3. The van der Waals surface area contributed by atoms with E-state index in [9.17, 15) is 18.0 Å². The molecule has 0 saturated carbocycles. The van der Waals surface area contributed by atoms with Crippen LogP contribution >= 0.6 is 11.3 Å². The molecular weight excluding hydrogens is 373 g/mol. The van der Waals surface area contributed by atoms with Crippen LogP contribution in [0.2, 0.25) is 0 Å². The third kappa shape index (κ3) is 3.89. The fourth-order valence-corrected chi connectivity index (χ4v) is 4.94. The average molecular weight is 394 g/mol. The van der Waals surface area contributed by atoms with E-state index in [1.165, 1.54) is 22.6 Å². The summed E-state index contributed by atoms with van der Waals surface area (Å²) in [6.07, 6.45) is -2.74. The van der Waals surface area contributed by atoms with Gasteiger partial charge in [0.05, 0.1) is 11.5 Å². The third-order valence-corrected chi connectivity index (χ3v) is 6.48. The van der Waals surface area contributed by atoms with Gasteiger partial charge in [0.15, 0.2) is 0 Å². The van der Waals surface area contributed by atoms with E-state index in [2.05, 4.69) is 11.4 Å². The Morgan fingerprint density at radius 2 is 2.00 bits per heavy atom. The van der Waals surface area contributed by atoms with Crippen molar-refractivity contribution in [2.45, 2.75) is 32.1 Å². The number of halogens is 3. The highest BCUT2D eigenvalue weighted by Crippen LogP contribution is 2.33. The number of nitrogens with zero attached hydrogens (tertiary/aromatic N) is 2. The zero-order valence-corrected chi connectivity index (χ0v) is 15.7. The second kappa shape index (κ2) is 7.28. The van der Waals surface area contributed by atoms with Crippen LogP contribution in [0.3, 0.4) is 0 Å². The van der Waals surface area contributed by atoms with E-state index in [0.29, 0.717) is 26.1 Å². The van der Waals surface area contributed by atoms with Gasteiger partial charge in [0.1, 0.15) is 0 Å². The summed E-state index contributed by atoms with van der Waals surface area (Å²) in [5.41, 5.74) is 0.924. The smallest absolute Gasteiger partial charge is 0.338 e. The number of hydrogen-bond donors (Lipinski definition) is 0. The third-order valence-electron chi connectivity index (χ3n) is 5.46. The molecule has 2 aliphatic rings. The lowest BCUT2D eigenvalue weighted by molar-refractivity contribution is -0.139. The van der Waals surface area contributed by atoms with E-state index >= 15 is 0 Å². The molecule has 3 heterocycles. The normalized spacial score (nSPS) is 20.7. The fourth-order valence-electron chi connectivity index (χ4n) is 4.05. The first-order chi connectivity index (χ1) is 12.9. The highest BCUT2D eigenvalue weighted by atomic mass is 32.1. The maximum atomic E-state index is 13.2. The summed E-state index contributed by atoms with van der Waals surface area (Å²) in [6.45, 7) is 2.80. The largest absolute Gasteiger partial charge is 0.416 e. The summed E-state index contributed by atoms with van der Waals surface area (Å²) < 4.78 is 39.6. The Morgan fingerprint density at radius 1 is 1.19 bits per heavy atom. The van der Waals surface area contributed by atoms with Crippen molar-refractivity contribution in [1.82, 2.24) is 9.80 Å². The number of likely N-dealkylation sites (tertiary alicyclic amines) is 1. The molecule has 4 rings (SSSR count). The van der Waals surface area contributed by atoms with Gasteiger partial charge in [0, 0.05) is 31.1 Å². The molecule has 0 aliphatic carbocycles. The fraction of sp³-hybridized carbons (Fsp3) is 0.450. The summed E-state index contributed by atoms with van der Waals surface area (Å²) in [5.74, 6) is 0.0155. The van der Waals surface area contributed by atoms with Crippen LogP contribution in [0.25, 0.3) is 0 Å². The molecule has 2 aliphatic heterocycles. The van der Waals surface area contributed by atoms with Crippen molar-refractivity contribution in [3.05, 3.63) is 57.3 Å². The standard InChI is InChI=1S/C20H21F3N2OS/c21-20(22,23)17-4-2-1-3-14(17)11-24-8-5-16(12-24)19(26)25-9-6-18-15(13-25)7-10-27-18/h1-4,7,10,16H,5-6,8-9,11-13H2. The highest BCUT2D eigenvalue weighted by molar-refractivity contribution is 7.10. The maximum absolute atomic E-state index is 13.2. The molecule has 2 aromatic rings. The molecular formula is C20H21F3N2OS. The van der Waals surface area contributed by atoms with Crippen molar-refractivity contribution in [3.8, 4) is 0 Å². The molecule has 1 amide bonds. The van der Waals surface area contributed by atoms with Gasteiger partial charge in [0.2, 0.25) is 5.91 Å². The molecule has 1 aromatic carbocycles. The van der Waals surface area contributed by atoms with E-state index in [4.69, 9.17) is 0 Å². The van der Waals surface area contributed by atoms with Crippen LogP contribution in [-0.2, 0) is 30.5 Å². The van der Waals surface area contributed by atoms with Crippen molar-refractivity contribution in [1.29, 1.82) is 0 Å². The first-order valence-corrected chi connectivity index (χ1v) is 10.0. The summed E-state index contributed by atoms with van der Waals surface area (Å²) in [4.78, 5) is 18.1. The van der Waals surface area contributed by atoms with Crippen LogP contribution in [0.4, 0.5) is 13.2 Å². The maximum Gasteiger partial charge on any atom is 0.416 e. The molecule has 1 saturated heterocycles. The molecule has 0 radical (unpaired) electrons. The first-order valence-electron chi connectivity index (χ1n) is 9.13. The predicted molar refractivity (Wildman–Crippen MR) is 98.3 cm³/mol. The number of rotatable bonds is 3. The quantitative estimate of drug-likeness (QED) is 0.780. The molecule has 0 bridgehead atoms. The lowest BCUT2D eigenvalue weighted by atomic mass is 10.0. The van der Waals surface area contributed by atoms with Crippen LogP contribution in [0, 0.1) is 5.92 Å². The zero-order valence-electron chi connectivity index (χ0n) is 14.8. The Labute approximate surface area is 160 Å². The van der Waals surface area contributed by atoms with Crippen molar-refractivity contribution >= 4 is 17.2 Å². The minimum Gasteiger partial charge on any atom is -0.338 e. The topological polar surface area (TPSA) is 23.6 Å². The Kier molecular flexibility index (Phi) is 4.99. The number of alkyl halides is 3. The zero-order chi connectivity index (χ0) is 19.0. The molecule has 1 fully saturated rings. The van der Waals surface area contributed by atoms with Crippen LogP contribution in [-0.4, -0.2) is 35.3 Å². The van der Waals surface area contributed by atoms with Crippen LogP contribution in [0.1, 0.15) is 28.0 Å². The number of thiophene rings is 1. The molecule has 0 spiro atoms. The van der Waals surface area contributed by atoms with Gasteiger partial charge in [-0.1, -0.05) is 18.2 Å². The van der Waals surface area contributed by atoms with Crippen molar-refractivity contribution < 1.29 is 18.0 Å². The highest BCUT2D eigenvalue weighted by Gasteiger charge is 2.36. The Morgan fingerprint density at radius 3 is 2.81 bits per heavy atom. The molecule has 27 heavy (non-hydrogen) atoms. The van der Waals surface area contributed by atoms with E-state index in [1.54, 1.807) is 17.4 Å². The molecule has 0 N–H and O–H groups in total. The number of carbonyl (C=O) groups excluding carboxylic acids is 1. The summed E-state index contributed by atoms with van der Waals surface area (Å²) in [6, 6.07) is 7.78. The number of benzene rings is 1. The minimum absolute atomic E-state index is 0.122. The Balaban J connectivity index is 1.39. The Hall–Kier alpha value is -1.86. The second-order valence-electron chi connectivity index (χ2n) is 7.25. The van der Waals surface area contributed by atoms with Gasteiger partial charge in [-0.15, -0.1) is 11.3 Å². The minimum atomic E-state index is -4.35. The number of amides is 1. The molecule has 1 aromatic heterocycles. The van der Waals surface area contributed by atoms with Crippen LogP contribution in [0.5, 0.6) is 0 Å². The van der Waals surface area contributed by atoms with Gasteiger partial charge in [0.25, 0.3) is 0 Å².